The first-order valence-electron chi connectivity index (χ1n) is 7.12. The number of pyridine rings is 1. The number of carbonyl (C=O) groups excluding carboxylic acids is 1. The van der Waals surface area contributed by atoms with E-state index >= 15 is 0 Å². The Morgan fingerprint density at radius 2 is 2.24 bits per heavy atom. The molecule has 0 unspecified atom stereocenters. The number of carbonyl (C=O) groups is 1. The van der Waals surface area contributed by atoms with Crippen LogP contribution in [0.5, 0.6) is 0 Å². The second-order valence-corrected chi connectivity index (χ2v) is 5.08. The Balaban J connectivity index is 1.72. The SMILES string of the molecule is COC(=O)c1ccn2c(CCN3CCOCC3)ncc2c1. The molecule has 1 aliphatic heterocycles. The average Bonchev–Trinajstić information content (AvgIpc) is 2.95. The van der Waals surface area contributed by atoms with Crippen LogP contribution in [0, 0.1) is 0 Å². The van der Waals surface area contributed by atoms with Gasteiger partial charge in [-0.25, -0.2) is 9.78 Å². The third-order valence-electron chi connectivity index (χ3n) is 3.79. The fourth-order valence-corrected chi connectivity index (χ4v) is 2.57. The van der Waals surface area contributed by atoms with E-state index in [-0.39, 0.29) is 5.97 Å². The Morgan fingerprint density at radius 1 is 1.43 bits per heavy atom. The Kier molecular flexibility index (Phi) is 4.17. The lowest BCUT2D eigenvalue weighted by atomic mass is 10.2. The van der Waals surface area contributed by atoms with Gasteiger partial charge in [-0.1, -0.05) is 0 Å². The number of nitrogens with zero attached hydrogens (tertiary/aromatic N) is 3. The van der Waals surface area contributed by atoms with Gasteiger partial charge in [0, 0.05) is 32.3 Å². The molecule has 0 bridgehead atoms. The Bertz CT molecular complexity index is 632. The fourth-order valence-electron chi connectivity index (χ4n) is 2.57. The van der Waals surface area contributed by atoms with Crippen LogP contribution in [-0.4, -0.2) is 60.2 Å². The average molecular weight is 289 g/mol. The van der Waals surface area contributed by atoms with Crippen LogP contribution in [-0.2, 0) is 15.9 Å². The zero-order chi connectivity index (χ0) is 14.7. The highest BCUT2D eigenvalue weighted by molar-refractivity contribution is 5.90. The van der Waals surface area contributed by atoms with E-state index in [9.17, 15) is 4.79 Å². The lowest BCUT2D eigenvalue weighted by Crippen LogP contribution is -2.37. The summed E-state index contributed by atoms with van der Waals surface area (Å²) in [5, 5.41) is 0. The molecule has 0 aromatic carbocycles. The summed E-state index contributed by atoms with van der Waals surface area (Å²) in [5.41, 5.74) is 1.46. The lowest BCUT2D eigenvalue weighted by molar-refractivity contribution is 0.0382. The zero-order valence-corrected chi connectivity index (χ0v) is 12.1. The van der Waals surface area contributed by atoms with E-state index in [0.29, 0.717) is 5.56 Å². The topological polar surface area (TPSA) is 56.1 Å². The molecule has 3 heterocycles. The summed E-state index contributed by atoms with van der Waals surface area (Å²) < 4.78 is 12.1. The highest BCUT2D eigenvalue weighted by Gasteiger charge is 2.13. The van der Waals surface area contributed by atoms with Gasteiger partial charge in [-0.15, -0.1) is 0 Å². The van der Waals surface area contributed by atoms with E-state index in [1.165, 1.54) is 7.11 Å². The number of esters is 1. The minimum absolute atomic E-state index is 0.325. The molecule has 0 saturated carbocycles. The first-order chi connectivity index (χ1) is 10.3. The van der Waals surface area contributed by atoms with Crippen LogP contribution in [0.25, 0.3) is 5.52 Å². The fraction of sp³-hybridized carbons (Fsp3) is 0.467. The van der Waals surface area contributed by atoms with Gasteiger partial charge in [-0.2, -0.15) is 0 Å². The van der Waals surface area contributed by atoms with Gasteiger partial charge < -0.3 is 13.9 Å². The molecule has 2 aromatic heterocycles. The van der Waals surface area contributed by atoms with Crippen LogP contribution in [0.1, 0.15) is 16.2 Å². The molecule has 112 valence electrons. The number of ether oxygens (including phenoxy) is 2. The van der Waals surface area contributed by atoms with Gasteiger partial charge in [0.25, 0.3) is 0 Å². The predicted molar refractivity (Wildman–Crippen MR) is 77.5 cm³/mol. The molecule has 0 amide bonds. The summed E-state index contributed by atoms with van der Waals surface area (Å²) in [6.45, 7) is 4.56. The number of imidazole rings is 1. The molecule has 0 radical (unpaired) electrons. The van der Waals surface area contributed by atoms with Crippen molar-refractivity contribution < 1.29 is 14.3 Å². The molecule has 21 heavy (non-hydrogen) atoms. The highest BCUT2D eigenvalue weighted by Crippen LogP contribution is 2.12. The van der Waals surface area contributed by atoms with Crippen molar-refractivity contribution in [3.05, 3.63) is 35.9 Å². The second kappa shape index (κ2) is 6.24. The largest absolute Gasteiger partial charge is 0.465 e. The summed E-state index contributed by atoms with van der Waals surface area (Å²) in [6, 6.07) is 3.57. The van der Waals surface area contributed by atoms with Gasteiger partial charge in [0.05, 0.1) is 37.6 Å². The Morgan fingerprint density at radius 3 is 3.00 bits per heavy atom. The number of methoxy groups -OCH3 is 1. The normalized spacial score (nSPS) is 16.2. The summed E-state index contributed by atoms with van der Waals surface area (Å²) in [7, 11) is 1.39. The number of morpholine rings is 1. The summed E-state index contributed by atoms with van der Waals surface area (Å²) in [4.78, 5) is 18.4. The maximum Gasteiger partial charge on any atom is 0.337 e. The molecule has 2 aromatic rings. The highest BCUT2D eigenvalue weighted by atomic mass is 16.5. The Hall–Kier alpha value is -1.92. The molecule has 0 N–H and O–H groups in total. The number of aromatic nitrogens is 2. The molecule has 1 saturated heterocycles. The van der Waals surface area contributed by atoms with Crippen molar-refractivity contribution in [2.24, 2.45) is 0 Å². The van der Waals surface area contributed by atoms with E-state index in [0.717, 1.165) is 50.6 Å². The van der Waals surface area contributed by atoms with Gasteiger partial charge in [-0.3, -0.25) is 4.90 Å². The molecular weight excluding hydrogens is 270 g/mol. The lowest BCUT2D eigenvalue weighted by Gasteiger charge is -2.26. The first kappa shape index (κ1) is 14.0. The number of rotatable bonds is 4. The number of fused-ring (bicyclic) bond motifs is 1. The zero-order valence-electron chi connectivity index (χ0n) is 12.1. The maximum atomic E-state index is 11.5. The molecule has 0 spiro atoms. The molecule has 0 atom stereocenters. The maximum absolute atomic E-state index is 11.5. The molecule has 6 nitrogen and oxygen atoms in total. The summed E-state index contributed by atoms with van der Waals surface area (Å²) >= 11 is 0. The van der Waals surface area contributed by atoms with Gasteiger partial charge in [0.2, 0.25) is 0 Å². The van der Waals surface area contributed by atoms with Crippen LogP contribution in [0.3, 0.4) is 0 Å². The molecular formula is C15H19N3O3. The van der Waals surface area contributed by atoms with Crippen LogP contribution < -0.4 is 0 Å². The molecule has 1 aliphatic rings. The van der Waals surface area contributed by atoms with Crippen molar-refractivity contribution in [3.63, 3.8) is 0 Å². The van der Waals surface area contributed by atoms with Crippen molar-refractivity contribution in [2.75, 3.05) is 40.0 Å². The Labute approximate surface area is 123 Å². The summed E-state index contributed by atoms with van der Waals surface area (Å²) in [5.74, 6) is 0.682. The van der Waals surface area contributed by atoms with Crippen molar-refractivity contribution in [1.82, 2.24) is 14.3 Å². The second-order valence-electron chi connectivity index (χ2n) is 5.08. The molecule has 0 aliphatic carbocycles. The van der Waals surface area contributed by atoms with Gasteiger partial charge in [0.1, 0.15) is 5.82 Å². The van der Waals surface area contributed by atoms with Crippen molar-refractivity contribution >= 4 is 11.5 Å². The minimum Gasteiger partial charge on any atom is -0.465 e. The smallest absolute Gasteiger partial charge is 0.337 e. The van der Waals surface area contributed by atoms with Gasteiger partial charge >= 0.3 is 5.97 Å². The third-order valence-corrected chi connectivity index (χ3v) is 3.79. The van der Waals surface area contributed by atoms with Crippen molar-refractivity contribution in [3.8, 4) is 0 Å². The van der Waals surface area contributed by atoms with Crippen molar-refractivity contribution in [2.45, 2.75) is 6.42 Å². The standard InChI is InChI=1S/C15H19N3O3/c1-20-15(19)12-2-5-18-13(10-12)11-16-14(18)3-4-17-6-8-21-9-7-17/h2,5,10-11H,3-4,6-9H2,1H3. The molecule has 6 heteroatoms. The van der Waals surface area contributed by atoms with Crippen molar-refractivity contribution in [1.29, 1.82) is 0 Å². The number of hydrogen-bond donors (Lipinski definition) is 0. The quantitative estimate of drug-likeness (QED) is 0.786. The van der Waals surface area contributed by atoms with E-state index in [1.54, 1.807) is 18.3 Å². The monoisotopic (exact) mass is 289 g/mol. The minimum atomic E-state index is -0.325. The first-order valence-corrected chi connectivity index (χ1v) is 7.12. The van der Waals surface area contributed by atoms with E-state index in [1.807, 2.05) is 10.6 Å². The van der Waals surface area contributed by atoms with E-state index in [4.69, 9.17) is 9.47 Å². The van der Waals surface area contributed by atoms with E-state index in [2.05, 4.69) is 9.88 Å². The predicted octanol–water partition coefficient (Wildman–Crippen LogP) is 0.996. The molecule has 1 fully saturated rings. The van der Waals surface area contributed by atoms with Crippen LogP contribution in [0.2, 0.25) is 0 Å². The van der Waals surface area contributed by atoms with E-state index < -0.39 is 0 Å². The van der Waals surface area contributed by atoms with Gasteiger partial charge in [-0.05, 0) is 12.1 Å². The van der Waals surface area contributed by atoms with Crippen LogP contribution in [0.15, 0.2) is 24.5 Å². The van der Waals surface area contributed by atoms with Crippen LogP contribution in [0.4, 0.5) is 0 Å². The summed E-state index contributed by atoms with van der Waals surface area (Å²) in [6.07, 6.45) is 4.55. The van der Waals surface area contributed by atoms with Gasteiger partial charge in [0.15, 0.2) is 0 Å². The number of hydrogen-bond acceptors (Lipinski definition) is 5. The third kappa shape index (κ3) is 3.06. The van der Waals surface area contributed by atoms with Crippen LogP contribution >= 0.6 is 0 Å². The molecule has 3 rings (SSSR count).